The summed E-state index contributed by atoms with van der Waals surface area (Å²) in [6.45, 7) is -2.11. The number of alkyl halides is 2. The number of carbonyl (C=O) groups is 1. The Morgan fingerprint density at radius 3 is 2.67 bits per heavy atom. The van der Waals surface area contributed by atoms with Gasteiger partial charge in [-0.1, -0.05) is 24.3 Å². The van der Waals surface area contributed by atoms with Gasteiger partial charge in [0.25, 0.3) is 0 Å². The van der Waals surface area contributed by atoms with Gasteiger partial charge in [0.05, 0.1) is 5.69 Å². The van der Waals surface area contributed by atoms with Gasteiger partial charge in [-0.3, -0.25) is 4.79 Å². The van der Waals surface area contributed by atoms with Crippen molar-refractivity contribution in [2.75, 3.05) is 17.2 Å². The van der Waals surface area contributed by atoms with Crippen LogP contribution in [0.5, 0.6) is 5.75 Å². The number of nitrogens with zero attached hydrogens (tertiary/aromatic N) is 1. The molecule has 0 unspecified atom stereocenters. The molecular formula is C18H17F2NO2S. The standard InChI is InChI=1S/C18H17F2NO2S/c19-18(20)23-14-8-5-13(6-9-14)7-10-17(22)21-11-12-24-16-4-2-1-3-15(16)21/h1-6,8-9,18H,7,10-12H2. The van der Waals surface area contributed by atoms with Crippen molar-refractivity contribution in [1.82, 2.24) is 0 Å². The molecule has 1 aliphatic rings. The van der Waals surface area contributed by atoms with Crippen molar-refractivity contribution in [3.05, 3.63) is 54.1 Å². The smallest absolute Gasteiger partial charge is 0.387 e. The van der Waals surface area contributed by atoms with Gasteiger partial charge in [0, 0.05) is 23.6 Å². The Bertz CT molecular complexity index is 706. The van der Waals surface area contributed by atoms with E-state index >= 15 is 0 Å². The normalized spacial score (nSPS) is 13.7. The van der Waals surface area contributed by atoms with Gasteiger partial charge in [-0.15, -0.1) is 11.8 Å². The quantitative estimate of drug-likeness (QED) is 0.803. The molecule has 0 atom stereocenters. The SMILES string of the molecule is O=C(CCc1ccc(OC(F)F)cc1)N1CCSc2ccccc21. The van der Waals surface area contributed by atoms with Crippen molar-refractivity contribution >= 4 is 23.4 Å². The van der Waals surface area contributed by atoms with Crippen LogP contribution in [0.3, 0.4) is 0 Å². The molecule has 0 saturated heterocycles. The van der Waals surface area contributed by atoms with Gasteiger partial charge in [-0.2, -0.15) is 8.78 Å². The van der Waals surface area contributed by atoms with Crippen molar-refractivity contribution in [3.8, 4) is 5.75 Å². The number of para-hydroxylation sites is 1. The van der Waals surface area contributed by atoms with Gasteiger partial charge in [0.15, 0.2) is 0 Å². The highest BCUT2D eigenvalue weighted by molar-refractivity contribution is 7.99. The topological polar surface area (TPSA) is 29.5 Å². The molecule has 0 saturated carbocycles. The van der Waals surface area contributed by atoms with Gasteiger partial charge in [-0.05, 0) is 36.2 Å². The highest BCUT2D eigenvalue weighted by Gasteiger charge is 2.22. The van der Waals surface area contributed by atoms with E-state index in [9.17, 15) is 13.6 Å². The zero-order chi connectivity index (χ0) is 16.9. The molecule has 1 aliphatic heterocycles. The first-order chi connectivity index (χ1) is 11.6. The lowest BCUT2D eigenvalue weighted by molar-refractivity contribution is -0.118. The van der Waals surface area contributed by atoms with Gasteiger partial charge >= 0.3 is 6.61 Å². The molecule has 6 heteroatoms. The van der Waals surface area contributed by atoms with Gasteiger partial charge in [0.1, 0.15) is 5.75 Å². The minimum absolute atomic E-state index is 0.0793. The van der Waals surface area contributed by atoms with Crippen LogP contribution in [0.15, 0.2) is 53.4 Å². The maximum atomic E-state index is 12.5. The first-order valence-electron chi connectivity index (χ1n) is 7.69. The average molecular weight is 349 g/mol. The van der Waals surface area contributed by atoms with Crippen LogP contribution < -0.4 is 9.64 Å². The molecule has 0 fully saturated rings. The molecule has 0 aromatic heterocycles. The van der Waals surface area contributed by atoms with E-state index in [4.69, 9.17) is 0 Å². The number of ether oxygens (including phenoxy) is 1. The maximum absolute atomic E-state index is 12.5. The summed E-state index contributed by atoms with van der Waals surface area (Å²) in [6.07, 6.45) is 0.952. The maximum Gasteiger partial charge on any atom is 0.387 e. The van der Waals surface area contributed by atoms with E-state index in [2.05, 4.69) is 4.74 Å². The molecule has 0 spiro atoms. The first kappa shape index (κ1) is 16.8. The molecule has 1 amide bonds. The third-order valence-electron chi connectivity index (χ3n) is 3.81. The number of benzene rings is 2. The number of fused-ring (bicyclic) bond motifs is 1. The summed E-state index contributed by atoms with van der Waals surface area (Å²) in [5, 5.41) is 0. The van der Waals surface area contributed by atoms with E-state index in [-0.39, 0.29) is 11.7 Å². The Morgan fingerprint density at radius 2 is 1.92 bits per heavy atom. The fourth-order valence-electron chi connectivity index (χ4n) is 2.65. The summed E-state index contributed by atoms with van der Waals surface area (Å²) >= 11 is 1.76. The lowest BCUT2D eigenvalue weighted by Crippen LogP contribution is -2.35. The minimum atomic E-state index is -2.82. The summed E-state index contributed by atoms with van der Waals surface area (Å²) in [4.78, 5) is 15.5. The largest absolute Gasteiger partial charge is 0.435 e. The second-order valence-electron chi connectivity index (χ2n) is 5.38. The Hall–Kier alpha value is -2.08. The minimum Gasteiger partial charge on any atom is -0.435 e. The number of thioether (sulfide) groups is 1. The van der Waals surface area contributed by atoms with E-state index < -0.39 is 6.61 Å². The third kappa shape index (κ3) is 4.06. The van der Waals surface area contributed by atoms with Crippen LogP contribution >= 0.6 is 11.8 Å². The molecule has 0 N–H and O–H groups in total. The summed E-state index contributed by atoms with van der Waals surface area (Å²) in [6, 6.07) is 14.3. The molecular weight excluding hydrogens is 332 g/mol. The van der Waals surface area contributed by atoms with Crippen LogP contribution in [0.25, 0.3) is 0 Å². The fourth-order valence-corrected chi connectivity index (χ4v) is 3.65. The lowest BCUT2D eigenvalue weighted by Gasteiger charge is -2.29. The van der Waals surface area contributed by atoms with Gasteiger partial charge in [-0.25, -0.2) is 0 Å². The average Bonchev–Trinajstić information content (AvgIpc) is 2.60. The molecule has 0 aliphatic carbocycles. The number of carbonyl (C=O) groups excluding carboxylic acids is 1. The number of hydrogen-bond acceptors (Lipinski definition) is 3. The Labute approximate surface area is 143 Å². The van der Waals surface area contributed by atoms with Crippen molar-refractivity contribution in [2.24, 2.45) is 0 Å². The molecule has 3 rings (SSSR count). The number of halogens is 2. The number of rotatable bonds is 5. The lowest BCUT2D eigenvalue weighted by atomic mass is 10.1. The summed E-state index contributed by atoms with van der Waals surface area (Å²) in [5.74, 6) is 1.10. The second-order valence-corrected chi connectivity index (χ2v) is 6.52. The molecule has 2 aromatic carbocycles. The fraction of sp³-hybridized carbons (Fsp3) is 0.278. The van der Waals surface area contributed by atoms with E-state index in [1.54, 1.807) is 23.9 Å². The van der Waals surface area contributed by atoms with Crippen LogP contribution in [-0.4, -0.2) is 24.8 Å². The van der Waals surface area contributed by atoms with Crippen molar-refractivity contribution < 1.29 is 18.3 Å². The zero-order valence-electron chi connectivity index (χ0n) is 13.0. The summed E-state index contributed by atoms with van der Waals surface area (Å²) < 4.78 is 28.6. The molecule has 3 nitrogen and oxygen atoms in total. The molecule has 24 heavy (non-hydrogen) atoms. The highest BCUT2D eigenvalue weighted by atomic mass is 32.2. The second kappa shape index (κ2) is 7.66. The Kier molecular flexibility index (Phi) is 5.35. The molecule has 0 bridgehead atoms. The van der Waals surface area contributed by atoms with Crippen LogP contribution in [0.1, 0.15) is 12.0 Å². The van der Waals surface area contributed by atoms with Crippen LogP contribution in [-0.2, 0) is 11.2 Å². The van der Waals surface area contributed by atoms with E-state index in [0.29, 0.717) is 19.4 Å². The van der Waals surface area contributed by atoms with Gasteiger partial charge < -0.3 is 9.64 Å². The Morgan fingerprint density at radius 1 is 1.17 bits per heavy atom. The van der Waals surface area contributed by atoms with Crippen LogP contribution in [0.2, 0.25) is 0 Å². The first-order valence-corrected chi connectivity index (χ1v) is 8.68. The molecule has 126 valence electrons. The van der Waals surface area contributed by atoms with Crippen molar-refractivity contribution in [3.63, 3.8) is 0 Å². The third-order valence-corrected chi connectivity index (χ3v) is 4.85. The predicted molar refractivity (Wildman–Crippen MR) is 90.9 cm³/mol. The van der Waals surface area contributed by atoms with Gasteiger partial charge in [0.2, 0.25) is 5.91 Å². The number of hydrogen-bond donors (Lipinski definition) is 0. The number of amides is 1. The van der Waals surface area contributed by atoms with Crippen LogP contribution in [0, 0.1) is 0 Å². The monoisotopic (exact) mass is 349 g/mol. The zero-order valence-corrected chi connectivity index (χ0v) is 13.8. The van der Waals surface area contributed by atoms with Crippen LogP contribution in [0.4, 0.5) is 14.5 Å². The number of anilines is 1. The van der Waals surface area contributed by atoms with E-state index in [1.165, 1.54) is 12.1 Å². The summed E-state index contributed by atoms with van der Waals surface area (Å²) in [7, 11) is 0. The molecule has 1 heterocycles. The van der Waals surface area contributed by atoms with Crippen molar-refractivity contribution in [1.29, 1.82) is 0 Å². The summed E-state index contributed by atoms with van der Waals surface area (Å²) in [5.41, 5.74) is 1.89. The van der Waals surface area contributed by atoms with Crippen molar-refractivity contribution in [2.45, 2.75) is 24.3 Å². The molecule has 2 aromatic rings. The van der Waals surface area contributed by atoms with E-state index in [0.717, 1.165) is 21.9 Å². The Balaban J connectivity index is 1.60. The number of aryl methyl sites for hydroxylation is 1. The molecule has 0 radical (unpaired) electrons. The van der Waals surface area contributed by atoms with E-state index in [1.807, 2.05) is 29.2 Å². The predicted octanol–water partition coefficient (Wildman–Crippen LogP) is 4.36. The highest BCUT2D eigenvalue weighted by Crippen LogP contribution is 2.34.